The van der Waals surface area contributed by atoms with Crippen LogP contribution in [0.2, 0.25) is 5.02 Å². The van der Waals surface area contributed by atoms with Crippen molar-refractivity contribution in [3.05, 3.63) is 58.6 Å². The number of nitriles is 1. The van der Waals surface area contributed by atoms with Crippen LogP contribution in [0.4, 0.5) is 11.4 Å². The molecule has 2 aromatic carbocycles. The number of halogens is 1. The fourth-order valence-electron chi connectivity index (χ4n) is 3.46. The molecule has 0 aliphatic carbocycles. The minimum atomic E-state index is -0.223. The first-order chi connectivity index (χ1) is 13.5. The molecule has 2 aromatic rings. The summed E-state index contributed by atoms with van der Waals surface area (Å²) in [7, 11) is 0. The SMILES string of the molecule is Cc1ccc(Cl)cc1NC(=O)C(C)N1CCCN(c2ccc(C#N)cc2)CC1. The van der Waals surface area contributed by atoms with Gasteiger partial charge in [-0.25, -0.2) is 0 Å². The van der Waals surface area contributed by atoms with Gasteiger partial charge in [-0.15, -0.1) is 0 Å². The maximum atomic E-state index is 12.8. The normalized spacial score (nSPS) is 16.1. The average molecular weight is 397 g/mol. The maximum absolute atomic E-state index is 12.8. The first-order valence-electron chi connectivity index (χ1n) is 9.54. The van der Waals surface area contributed by atoms with E-state index in [1.165, 1.54) is 0 Å². The van der Waals surface area contributed by atoms with E-state index in [-0.39, 0.29) is 11.9 Å². The van der Waals surface area contributed by atoms with E-state index in [4.69, 9.17) is 16.9 Å². The van der Waals surface area contributed by atoms with Crippen molar-refractivity contribution in [3.63, 3.8) is 0 Å². The summed E-state index contributed by atoms with van der Waals surface area (Å²) in [4.78, 5) is 17.3. The van der Waals surface area contributed by atoms with E-state index in [2.05, 4.69) is 21.2 Å². The van der Waals surface area contributed by atoms with Crippen LogP contribution in [-0.2, 0) is 4.79 Å². The average Bonchev–Trinajstić information content (AvgIpc) is 2.96. The third-order valence-electron chi connectivity index (χ3n) is 5.28. The number of nitrogens with one attached hydrogen (secondary N) is 1. The molecule has 1 amide bonds. The van der Waals surface area contributed by atoms with Crippen LogP contribution in [0.5, 0.6) is 0 Å². The van der Waals surface area contributed by atoms with Gasteiger partial charge in [-0.2, -0.15) is 5.26 Å². The maximum Gasteiger partial charge on any atom is 0.241 e. The number of rotatable bonds is 4. The van der Waals surface area contributed by atoms with E-state index in [1.807, 2.05) is 50.2 Å². The molecular formula is C22H25ClN4O. The highest BCUT2D eigenvalue weighted by Crippen LogP contribution is 2.22. The molecule has 1 atom stereocenters. The molecule has 3 rings (SSSR count). The number of aryl methyl sites for hydroxylation is 1. The Morgan fingerprint density at radius 3 is 2.61 bits per heavy atom. The number of amides is 1. The lowest BCUT2D eigenvalue weighted by Crippen LogP contribution is -2.44. The smallest absolute Gasteiger partial charge is 0.241 e. The molecule has 1 aliphatic heterocycles. The van der Waals surface area contributed by atoms with Gasteiger partial charge in [-0.05, 0) is 62.2 Å². The summed E-state index contributed by atoms with van der Waals surface area (Å²) in [6, 6.07) is 15.1. The van der Waals surface area contributed by atoms with Gasteiger partial charge in [0.25, 0.3) is 0 Å². The van der Waals surface area contributed by atoms with Crippen molar-refractivity contribution in [3.8, 4) is 6.07 Å². The van der Waals surface area contributed by atoms with Crippen LogP contribution in [-0.4, -0.2) is 43.0 Å². The molecule has 5 nitrogen and oxygen atoms in total. The van der Waals surface area contributed by atoms with Gasteiger partial charge < -0.3 is 10.2 Å². The monoisotopic (exact) mass is 396 g/mol. The Hall–Kier alpha value is -2.55. The summed E-state index contributed by atoms with van der Waals surface area (Å²) in [5.41, 5.74) is 3.54. The van der Waals surface area contributed by atoms with Crippen molar-refractivity contribution in [1.29, 1.82) is 5.26 Å². The molecule has 0 saturated carbocycles. The summed E-state index contributed by atoms with van der Waals surface area (Å²) in [5, 5.41) is 12.6. The van der Waals surface area contributed by atoms with Crippen molar-refractivity contribution in [2.24, 2.45) is 0 Å². The number of hydrogen-bond acceptors (Lipinski definition) is 4. The predicted molar refractivity (Wildman–Crippen MR) is 114 cm³/mol. The van der Waals surface area contributed by atoms with Crippen LogP contribution >= 0.6 is 11.6 Å². The van der Waals surface area contributed by atoms with E-state index < -0.39 is 0 Å². The lowest BCUT2D eigenvalue weighted by Gasteiger charge is -2.27. The van der Waals surface area contributed by atoms with Crippen LogP contribution in [0.25, 0.3) is 0 Å². The Kier molecular flexibility index (Phi) is 6.56. The fraction of sp³-hybridized carbons (Fsp3) is 0.364. The first-order valence-corrected chi connectivity index (χ1v) is 9.92. The van der Waals surface area contributed by atoms with Crippen molar-refractivity contribution in [1.82, 2.24) is 4.90 Å². The number of nitrogens with zero attached hydrogens (tertiary/aromatic N) is 3. The lowest BCUT2D eigenvalue weighted by molar-refractivity contribution is -0.120. The zero-order valence-corrected chi connectivity index (χ0v) is 17.0. The molecule has 1 saturated heterocycles. The first kappa shape index (κ1) is 20.2. The number of anilines is 2. The molecule has 0 aromatic heterocycles. The predicted octanol–water partition coefficient (Wildman–Crippen LogP) is 4.06. The highest BCUT2D eigenvalue weighted by Gasteiger charge is 2.24. The minimum Gasteiger partial charge on any atom is -0.370 e. The Morgan fingerprint density at radius 2 is 1.89 bits per heavy atom. The van der Waals surface area contributed by atoms with E-state index in [1.54, 1.807) is 6.07 Å². The summed E-state index contributed by atoms with van der Waals surface area (Å²) in [6.45, 7) is 7.37. The molecular weight excluding hydrogens is 372 g/mol. The fourth-order valence-corrected chi connectivity index (χ4v) is 3.63. The molecule has 6 heteroatoms. The lowest BCUT2D eigenvalue weighted by atomic mass is 10.2. The molecule has 1 fully saturated rings. The van der Waals surface area contributed by atoms with Gasteiger partial charge in [-0.1, -0.05) is 17.7 Å². The van der Waals surface area contributed by atoms with Crippen molar-refractivity contribution < 1.29 is 4.79 Å². The van der Waals surface area contributed by atoms with Gasteiger partial charge in [0.05, 0.1) is 17.7 Å². The van der Waals surface area contributed by atoms with E-state index in [0.29, 0.717) is 10.6 Å². The third kappa shape index (κ3) is 4.83. The van der Waals surface area contributed by atoms with Gasteiger partial charge in [0.15, 0.2) is 0 Å². The Labute approximate surface area is 171 Å². The van der Waals surface area contributed by atoms with Gasteiger partial charge >= 0.3 is 0 Å². The van der Waals surface area contributed by atoms with E-state index in [0.717, 1.165) is 49.5 Å². The number of carbonyl (C=O) groups excluding carboxylic acids is 1. The van der Waals surface area contributed by atoms with Crippen LogP contribution in [0.3, 0.4) is 0 Å². The molecule has 0 bridgehead atoms. The van der Waals surface area contributed by atoms with Crippen LogP contribution < -0.4 is 10.2 Å². The summed E-state index contributed by atoms with van der Waals surface area (Å²) < 4.78 is 0. The Bertz CT molecular complexity index is 875. The zero-order valence-electron chi connectivity index (χ0n) is 16.3. The second kappa shape index (κ2) is 9.09. The van der Waals surface area contributed by atoms with Crippen molar-refractivity contribution >= 4 is 28.9 Å². The highest BCUT2D eigenvalue weighted by molar-refractivity contribution is 6.31. The summed E-state index contributed by atoms with van der Waals surface area (Å²) in [5.74, 6) is -0.0165. The molecule has 146 valence electrons. The molecule has 1 heterocycles. The second-order valence-electron chi connectivity index (χ2n) is 7.16. The molecule has 0 radical (unpaired) electrons. The molecule has 28 heavy (non-hydrogen) atoms. The van der Waals surface area contributed by atoms with Crippen LogP contribution in [0, 0.1) is 18.3 Å². The van der Waals surface area contributed by atoms with E-state index >= 15 is 0 Å². The molecule has 1 unspecified atom stereocenters. The van der Waals surface area contributed by atoms with Crippen LogP contribution in [0.15, 0.2) is 42.5 Å². The largest absolute Gasteiger partial charge is 0.370 e. The number of carbonyl (C=O) groups is 1. The van der Waals surface area contributed by atoms with Gasteiger partial charge in [-0.3, -0.25) is 9.69 Å². The number of benzene rings is 2. The Morgan fingerprint density at radius 1 is 1.14 bits per heavy atom. The molecule has 1 N–H and O–H groups in total. The Balaban J connectivity index is 1.61. The quantitative estimate of drug-likeness (QED) is 0.846. The number of hydrogen-bond donors (Lipinski definition) is 1. The van der Waals surface area contributed by atoms with Gasteiger partial charge in [0.1, 0.15) is 0 Å². The second-order valence-corrected chi connectivity index (χ2v) is 7.60. The minimum absolute atomic E-state index is 0.0165. The molecule has 1 aliphatic rings. The van der Waals surface area contributed by atoms with Gasteiger partial charge in [0, 0.05) is 42.6 Å². The zero-order chi connectivity index (χ0) is 20.1. The topological polar surface area (TPSA) is 59.4 Å². The van der Waals surface area contributed by atoms with Crippen LogP contribution in [0.1, 0.15) is 24.5 Å². The standard InChI is InChI=1S/C22H25ClN4O/c1-16-4-7-19(23)14-21(16)25-22(28)17(2)26-10-3-11-27(13-12-26)20-8-5-18(15-24)6-9-20/h4-9,14,17H,3,10-13H2,1-2H3,(H,25,28). The van der Waals surface area contributed by atoms with Gasteiger partial charge in [0.2, 0.25) is 5.91 Å². The van der Waals surface area contributed by atoms with Crippen molar-refractivity contribution in [2.75, 3.05) is 36.4 Å². The highest BCUT2D eigenvalue weighted by atomic mass is 35.5. The third-order valence-corrected chi connectivity index (χ3v) is 5.51. The molecule has 0 spiro atoms. The summed E-state index contributed by atoms with van der Waals surface area (Å²) >= 11 is 6.06. The summed E-state index contributed by atoms with van der Waals surface area (Å²) in [6.07, 6.45) is 0.980. The van der Waals surface area contributed by atoms with E-state index in [9.17, 15) is 4.79 Å². The van der Waals surface area contributed by atoms with Crippen molar-refractivity contribution in [2.45, 2.75) is 26.3 Å².